The smallest absolute Gasteiger partial charge is 0.334 e. The standard InChI is InChI=1S/C14H13BrF2N6O2/c1-6(13-21-5-23(22-13)14(16)17)25-11-8(24-2)3-7(15)10-9(11)12(18)20-4-19-10/h3-6,14H,1-2H3,(H2,18,19,20). The molecule has 0 aliphatic heterocycles. The quantitative estimate of drug-likeness (QED) is 0.684. The number of methoxy groups -OCH3 is 1. The van der Waals surface area contributed by atoms with Crippen LogP contribution in [-0.4, -0.2) is 31.8 Å². The number of nitrogens with two attached hydrogens (primary N) is 1. The summed E-state index contributed by atoms with van der Waals surface area (Å²) in [5, 5.41) is 4.14. The van der Waals surface area contributed by atoms with Crippen LogP contribution in [-0.2, 0) is 0 Å². The topological polar surface area (TPSA) is 101 Å². The van der Waals surface area contributed by atoms with Gasteiger partial charge in [-0.15, -0.1) is 5.10 Å². The molecule has 0 bridgehead atoms. The Bertz CT molecular complexity index is 920. The Balaban J connectivity index is 2.06. The molecule has 2 aromatic heterocycles. The van der Waals surface area contributed by atoms with E-state index in [2.05, 4.69) is 36.0 Å². The second kappa shape index (κ2) is 6.75. The van der Waals surface area contributed by atoms with E-state index in [0.717, 1.165) is 6.33 Å². The van der Waals surface area contributed by atoms with Crippen molar-refractivity contribution in [1.29, 1.82) is 0 Å². The third-order valence-corrected chi connectivity index (χ3v) is 4.02. The number of hydrogen-bond acceptors (Lipinski definition) is 7. The summed E-state index contributed by atoms with van der Waals surface area (Å²) in [6, 6.07) is 1.67. The van der Waals surface area contributed by atoms with Gasteiger partial charge in [0.05, 0.1) is 18.0 Å². The van der Waals surface area contributed by atoms with E-state index in [1.165, 1.54) is 13.4 Å². The third-order valence-electron chi connectivity index (χ3n) is 3.42. The lowest BCUT2D eigenvalue weighted by atomic mass is 10.2. The molecule has 3 aromatic rings. The minimum atomic E-state index is -2.78. The number of hydrogen-bond donors (Lipinski definition) is 1. The van der Waals surface area contributed by atoms with Crippen LogP contribution >= 0.6 is 15.9 Å². The van der Waals surface area contributed by atoms with Crippen LogP contribution in [0, 0.1) is 0 Å². The maximum Gasteiger partial charge on any atom is 0.334 e. The molecule has 0 saturated carbocycles. The number of fused-ring (bicyclic) bond motifs is 1. The van der Waals surface area contributed by atoms with E-state index >= 15 is 0 Å². The molecular formula is C14H13BrF2N6O2. The lowest BCUT2D eigenvalue weighted by molar-refractivity contribution is 0.0550. The van der Waals surface area contributed by atoms with E-state index in [1.54, 1.807) is 13.0 Å². The average molecular weight is 415 g/mol. The number of alkyl halides is 2. The first kappa shape index (κ1) is 17.3. The molecule has 8 nitrogen and oxygen atoms in total. The predicted octanol–water partition coefficient (Wildman–Crippen LogP) is 3.11. The number of anilines is 1. The van der Waals surface area contributed by atoms with Crippen molar-refractivity contribution in [3.05, 3.63) is 29.0 Å². The summed E-state index contributed by atoms with van der Waals surface area (Å²) in [5.74, 6) is 0.937. The highest BCUT2D eigenvalue weighted by Gasteiger charge is 2.22. The van der Waals surface area contributed by atoms with Gasteiger partial charge >= 0.3 is 6.55 Å². The van der Waals surface area contributed by atoms with Gasteiger partial charge in [-0.2, -0.15) is 13.5 Å². The Labute approximate surface area is 149 Å². The second-order valence-corrected chi connectivity index (χ2v) is 5.85. The fraction of sp³-hybridized carbons (Fsp3) is 0.286. The van der Waals surface area contributed by atoms with E-state index in [9.17, 15) is 8.78 Å². The molecule has 2 N–H and O–H groups in total. The zero-order valence-electron chi connectivity index (χ0n) is 13.2. The minimum Gasteiger partial charge on any atom is -0.493 e. The molecular weight excluding hydrogens is 402 g/mol. The van der Waals surface area contributed by atoms with E-state index < -0.39 is 12.7 Å². The summed E-state index contributed by atoms with van der Waals surface area (Å²) in [6.07, 6.45) is 1.53. The van der Waals surface area contributed by atoms with Crippen molar-refractivity contribution >= 4 is 32.7 Å². The second-order valence-electron chi connectivity index (χ2n) is 4.99. The molecule has 0 amide bonds. The molecule has 3 rings (SSSR count). The summed E-state index contributed by atoms with van der Waals surface area (Å²) >= 11 is 3.39. The summed E-state index contributed by atoms with van der Waals surface area (Å²) in [6.45, 7) is -1.15. The van der Waals surface area contributed by atoms with Crippen molar-refractivity contribution in [2.45, 2.75) is 19.6 Å². The first-order valence-electron chi connectivity index (χ1n) is 7.05. The molecule has 0 fully saturated rings. The van der Waals surface area contributed by atoms with Crippen LogP contribution < -0.4 is 15.2 Å². The van der Waals surface area contributed by atoms with Crippen LogP contribution in [0.5, 0.6) is 11.5 Å². The summed E-state index contributed by atoms with van der Waals surface area (Å²) < 4.78 is 37.6. The Morgan fingerprint density at radius 1 is 1.28 bits per heavy atom. The van der Waals surface area contributed by atoms with Crippen LogP contribution in [0.3, 0.4) is 0 Å². The highest BCUT2D eigenvalue weighted by atomic mass is 79.9. The molecule has 132 valence electrons. The van der Waals surface area contributed by atoms with E-state index in [4.69, 9.17) is 15.2 Å². The molecule has 0 radical (unpaired) electrons. The third kappa shape index (κ3) is 3.18. The van der Waals surface area contributed by atoms with Crippen LogP contribution in [0.1, 0.15) is 25.4 Å². The van der Waals surface area contributed by atoms with Crippen molar-refractivity contribution in [3.63, 3.8) is 0 Å². The molecule has 25 heavy (non-hydrogen) atoms. The van der Waals surface area contributed by atoms with Gasteiger partial charge in [0.15, 0.2) is 23.4 Å². The maximum atomic E-state index is 12.7. The number of halogens is 3. The first-order chi connectivity index (χ1) is 11.9. The number of nitrogen functional groups attached to an aromatic ring is 1. The Morgan fingerprint density at radius 3 is 2.68 bits per heavy atom. The largest absolute Gasteiger partial charge is 0.493 e. The fourth-order valence-corrected chi connectivity index (χ4v) is 2.75. The number of nitrogens with zero attached hydrogens (tertiary/aromatic N) is 5. The molecule has 2 heterocycles. The molecule has 0 aliphatic carbocycles. The van der Waals surface area contributed by atoms with Gasteiger partial charge in [-0.1, -0.05) is 0 Å². The normalized spacial score (nSPS) is 12.6. The summed E-state index contributed by atoms with van der Waals surface area (Å²) in [4.78, 5) is 12.0. The van der Waals surface area contributed by atoms with E-state index in [0.29, 0.717) is 25.8 Å². The molecule has 1 unspecified atom stereocenters. The molecule has 0 spiro atoms. The summed E-state index contributed by atoms with van der Waals surface area (Å²) in [5.41, 5.74) is 6.49. The van der Waals surface area contributed by atoms with Gasteiger partial charge in [0.1, 0.15) is 18.5 Å². The van der Waals surface area contributed by atoms with E-state index in [-0.39, 0.29) is 17.4 Å². The monoisotopic (exact) mass is 414 g/mol. The van der Waals surface area contributed by atoms with Gasteiger partial charge in [-0.05, 0) is 22.9 Å². The number of rotatable bonds is 5. The SMILES string of the molecule is COc1cc(Br)c2ncnc(N)c2c1OC(C)c1ncn(C(F)F)n1. The van der Waals surface area contributed by atoms with Gasteiger partial charge in [0.25, 0.3) is 0 Å². The van der Waals surface area contributed by atoms with Crippen molar-refractivity contribution in [1.82, 2.24) is 24.7 Å². The number of ether oxygens (including phenoxy) is 2. The van der Waals surface area contributed by atoms with E-state index in [1.807, 2.05) is 0 Å². The van der Waals surface area contributed by atoms with Gasteiger partial charge < -0.3 is 15.2 Å². The average Bonchev–Trinajstić information content (AvgIpc) is 3.07. The maximum absolute atomic E-state index is 12.7. The van der Waals surface area contributed by atoms with Crippen molar-refractivity contribution < 1.29 is 18.3 Å². The Morgan fingerprint density at radius 2 is 2.04 bits per heavy atom. The van der Waals surface area contributed by atoms with Gasteiger partial charge in [-0.3, -0.25) is 0 Å². The van der Waals surface area contributed by atoms with Crippen molar-refractivity contribution in [3.8, 4) is 11.5 Å². The minimum absolute atomic E-state index is 0.0915. The lowest BCUT2D eigenvalue weighted by Gasteiger charge is -2.18. The first-order valence-corrected chi connectivity index (χ1v) is 7.84. The van der Waals surface area contributed by atoms with Crippen molar-refractivity contribution in [2.75, 3.05) is 12.8 Å². The van der Waals surface area contributed by atoms with Crippen LogP contribution in [0.25, 0.3) is 10.9 Å². The summed E-state index contributed by atoms with van der Waals surface area (Å²) in [7, 11) is 1.47. The van der Waals surface area contributed by atoms with Crippen LogP contribution in [0.15, 0.2) is 23.2 Å². The Hall–Kier alpha value is -2.56. The number of benzene rings is 1. The zero-order chi connectivity index (χ0) is 18.1. The molecule has 11 heteroatoms. The van der Waals surface area contributed by atoms with Gasteiger partial charge in [-0.25, -0.2) is 15.0 Å². The molecule has 1 atom stereocenters. The highest BCUT2D eigenvalue weighted by Crippen LogP contribution is 2.42. The van der Waals surface area contributed by atoms with Gasteiger partial charge in [0.2, 0.25) is 0 Å². The van der Waals surface area contributed by atoms with Crippen LogP contribution in [0.2, 0.25) is 0 Å². The zero-order valence-corrected chi connectivity index (χ0v) is 14.7. The molecule has 0 saturated heterocycles. The highest BCUT2D eigenvalue weighted by molar-refractivity contribution is 9.10. The molecule has 0 aliphatic rings. The van der Waals surface area contributed by atoms with Gasteiger partial charge in [0, 0.05) is 10.5 Å². The Kier molecular flexibility index (Phi) is 4.66. The predicted molar refractivity (Wildman–Crippen MR) is 88.5 cm³/mol. The fourth-order valence-electron chi connectivity index (χ4n) is 2.24. The van der Waals surface area contributed by atoms with Crippen LogP contribution in [0.4, 0.5) is 14.6 Å². The number of aromatic nitrogens is 5. The molecule has 1 aromatic carbocycles. The lowest BCUT2D eigenvalue weighted by Crippen LogP contribution is -2.09. The van der Waals surface area contributed by atoms with Crippen molar-refractivity contribution in [2.24, 2.45) is 0 Å².